The molecule has 4 nitrogen and oxygen atoms in total. The van der Waals surface area contributed by atoms with Gasteiger partial charge in [0.1, 0.15) is 0 Å². The molecule has 0 fully saturated rings. The van der Waals surface area contributed by atoms with Gasteiger partial charge in [0, 0.05) is 28.2 Å². The van der Waals surface area contributed by atoms with E-state index < -0.39 is 5.97 Å². The van der Waals surface area contributed by atoms with Gasteiger partial charge in [-0.15, -0.1) is 0 Å². The number of ketones is 1. The Bertz CT molecular complexity index is 966. The Hall–Kier alpha value is -3.14. The smallest absolute Gasteiger partial charge is 0.331 e. The number of rotatable bonds is 5. The highest BCUT2D eigenvalue weighted by molar-refractivity contribution is 6.10. The van der Waals surface area contributed by atoms with Crippen LogP contribution in [0, 0.1) is 13.8 Å². The lowest BCUT2D eigenvalue weighted by Gasteiger charge is -2.02. The van der Waals surface area contributed by atoms with E-state index in [0.717, 1.165) is 27.7 Å². The standard InChI is InChI=1S/C21H19NO3/c1-14-6-5-7-16(12-14)10-11-20(24)25-13-19(23)21-15(2)22-18-9-4-3-8-17(18)21/h3-12,22H,13H2,1-2H3/b11-10+. The van der Waals surface area contributed by atoms with Gasteiger partial charge in [-0.3, -0.25) is 4.79 Å². The van der Waals surface area contributed by atoms with Crippen molar-refractivity contribution in [2.75, 3.05) is 6.61 Å². The molecule has 0 radical (unpaired) electrons. The molecule has 3 rings (SSSR count). The van der Waals surface area contributed by atoms with Gasteiger partial charge in [0.2, 0.25) is 5.78 Å². The number of hydrogen-bond acceptors (Lipinski definition) is 3. The average molecular weight is 333 g/mol. The van der Waals surface area contributed by atoms with Crippen LogP contribution in [0.1, 0.15) is 27.2 Å². The Balaban J connectivity index is 1.65. The second-order valence-corrected chi connectivity index (χ2v) is 5.95. The van der Waals surface area contributed by atoms with E-state index >= 15 is 0 Å². The number of para-hydroxylation sites is 1. The predicted octanol–water partition coefficient (Wildman–Crippen LogP) is 4.22. The number of aryl methyl sites for hydroxylation is 2. The minimum Gasteiger partial charge on any atom is -0.454 e. The highest BCUT2D eigenvalue weighted by Crippen LogP contribution is 2.22. The second kappa shape index (κ2) is 7.18. The summed E-state index contributed by atoms with van der Waals surface area (Å²) in [6.45, 7) is 3.55. The molecule has 0 atom stereocenters. The van der Waals surface area contributed by atoms with Crippen molar-refractivity contribution in [3.05, 3.63) is 77.0 Å². The van der Waals surface area contributed by atoms with Gasteiger partial charge in [-0.05, 0) is 31.6 Å². The summed E-state index contributed by atoms with van der Waals surface area (Å²) < 4.78 is 5.09. The maximum absolute atomic E-state index is 12.4. The number of hydrogen-bond donors (Lipinski definition) is 1. The molecule has 4 heteroatoms. The number of fused-ring (bicyclic) bond motifs is 1. The number of ether oxygens (including phenoxy) is 1. The summed E-state index contributed by atoms with van der Waals surface area (Å²) in [5, 5.41) is 0.844. The molecule has 0 bridgehead atoms. The summed E-state index contributed by atoms with van der Waals surface area (Å²) in [6.07, 6.45) is 3.01. The molecule has 3 aromatic rings. The van der Waals surface area contributed by atoms with Crippen LogP contribution in [-0.2, 0) is 9.53 Å². The third-order valence-electron chi connectivity index (χ3n) is 3.97. The van der Waals surface area contributed by atoms with Gasteiger partial charge in [-0.25, -0.2) is 4.79 Å². The maximum Gasteiger partial charge on any atom is 0.331 e. The highest BCUT2D eigenvalue weighted by atomic mass is 16.5. The topological polar surface area (TPSA) is 59.2 Å². The zero-order chi connectivity index (χ0) is 17.8. The van der Waals surface area contributed by atoms with E-state index in [1.165, 1.54) is 6.08 Å². The quantitative estimate of drug-likeness (QED) is 0.432. The third-order valence-corrected chi connectivity index (χ3v) is 3.97. The predicted molar refractivity (Wildman–Crippen MR) is 98.5 cm³/mol. The van der Waals surface area contributed by atoms with Crippen molar-refractivity contribution in [3.63, 3.8) is 0 Å². The maximum atomic E-state index is 12.4. The third kappa shape index (κ3) is 3.86. The van der Waals surface area contributed by atoms with E-state index in [1.807, 2.05) is 62.4 Å². The van der Waals surface area contributed by atoms with Crippen LogP contribution in [0.15, 0.2) is 54.6 Å². The molecule has 0 aliphatic rings. The molecule has 0 spiro atoms. The van der Waals surface area contributed by atoms with Gasteiger partial charge in [0.25, 0.3) is 0 Å². The van der Waals surface area contributed by atoms with E-state index in [1.54, 1.807) is 6.08 Å². The minimum atomic E-state index is -0.535. The van der Waals surface area contributed by atoms with Gasteiger partial charge in [-0.2, -0.15) is 0 Å². The molecule has 0 saturated carbocycles. The molecule has 1 heterocycles. The number of esters is 1. The largest absolute Gasteiger partial charge is 0.454 e. The van der Waals surface area contributed by atoms with Crippen molar-refractivity contribution < 1.29 is 14.3 Å². The number of H-pyrrole nitrogens is 1. The lowest BCUT2D eigenvalue weighted by molar-refractivity contribution is -0.136. The van der Waals surface area contributed by atoms with Crippen LogP contribution in [0.4, 0.5) is 0 Å². The first-order valence-corrected chi connectivity index (χ1v) is 8.06. The number of carbonyl (C=O) groups is 2. The van der Waals surface area contributed by atoms with Crippen molar-refractivity contribution >= 4 is 28.7 Å². The molecule has 1 N–H and O–H groups in total. The summed E-state index contributed by atoms with van der Waals surface area (Å²) in [7, 11) is 0. The molecule has 0 aliphatic heterocycles. The van der Waals surface area contributed by atoms with Gasteiger partial charge >= 0.3 is 5.97 Å². The fraction of sp³-hybridized carbons (Fsp3) is 0.143. The van der Waals surface area contributed by atoms with Crippen molar-refractivity contribution in [2.24, 2.45) is 0 Å². The Morgan fingerprint density at radius 1 is 1.08 bits per heavy atom. The van der Waals surface area contributed by atoms with E-state index in [0.29, 0.717) is 5.56 Å². The van der Waals surface area contributed by atoms with E-state index in [9.17, 15) is 9.59 Å². The molecular formula is C21H19NO3. The fourth-order valence-electron chi connectivity index (χ4n) is 2.83. The number of benzene rings is 2. The fourth-order valence-corrected chi connectivity index (χ4v) is 2.83. The van der Waals surface area contributed by atoms with Crippen molar-refractivity contribution in [1.29, 1.82) is 0 Å². The molecule has 2 aromatic carbocycles. The van der Waals surface area contributed by atoms with Crippen molar-refractivity contribution in [1.82, 2.24) is 4.98 Å². The van der Waals surface area contributed by atoms with Crippen LogP contribution in [0.25, 0.3) is 17.0 Å². The average Bonchev–Trinajstić information content (AvgIpc) is 2.93. The Morgan fingerprint density at radius 2 is 1.88 bits per heavy atom. The first-order valence-electron chi connectivity index (χ1n) is 8.06. The first-order chi connectivity index (χ1) is 12.0. The van der Waals surface area contributed by atoms with Crippen molar-refractivity contribution in [3.8, 4) is 0 Å². The Labute approximate surface area is 146 Å². The molecule has 126 valence electrons. The molecular weight excluding hydrogens is 314 g/mol. The number of carbonyl (C=O) groups excluding carboxylic acids is 2. The second-order valence-electron chi connectivity index (χ2n) is 5.95. The summed E-state index contributed by atoms with van der Waals surface area (Å²) in [5.41, 5.74) is 4.27. The zero-order valence-electron chi connectivity index (χ0n) is 14.2. The first kappa shape index (κ1) is 16.7. The molecule has 0 unspecified atom stereocenters. The molecule has 0 aliphatic carbocycles. The van der Waals surface area contributed by atoms with Crippen LogP contribution in [0.2, 0.25) is 0 Å². The van der Waals surface area contributed by atoms with Crippen LogP contribution in [-0.4, -0.2) is 23.3 Å². The molecule has 25 heavy (non-hydrogen) atoms. The highest BCUT2D eigenvalue weighted by Gasteiger charge is 2.16. The number of Topliss-reactive ketones (excluding diaryl/α,β-unsaturated/α-hetero) is 1. The normalized spacial score (nSPS) is 11.1. The monoisotopic (exact) mass is 333 g/mol. The number of nitrogens with one attached hydrogen (secondary N) is 1. The minimum absolute atomic E-state index is 0.216. The van der Waals surface area contributed by atoms with Crippen LogP contribution in [0.3, 0.4) is 0 Å². The van der Waals surface area contributed by atoms with Gasteiger partial charge in [-0.1, -0.05) is 48.0 Å². The van der Waals surface area contributed by atoms with Crippen LogP contribution in [0.5, 0.6) is 0 Å². The Kier molecular flexibility index (Phi) is 4.80. The zero-order valence-corrected chi connectivity index (χ0v) is 14.2. The number of aromatic amines is 1. The molecule has 0 amide bonds. The van der Waals surface area contributed by atoms with E-state index in [4.69, 9.17) is 4.74 Å². The van der Waals surface area contributed by atoms with Gasteiger partial charge in [0.15, 0.2) is 6.61 Å². The molecule has 0 saturated heterocycles. The van der Waals surface area contributed by atoms with Crippen LogP contribution >= 0.6 is 0 Å². The number of aromatic nitrogens is 1. The summed E-state index contributed by atoms with van der Waals surface area (Å²) in [4.78, 5) is 27.5. The molecule has 1 aromatic heterocycles. The summed E-state index contributed by atoms with van der Waals surface area (Å²) >= 11 is 0. The van der Waals surface area contributed by atoms with E-state index in [2.05, 4.69) is 4.98 Å². The van der Waals surface area contributed by atoms with E-state index in [-0.39, 0.29) is 12.4 Å². The summed E-state index contributed by atoms with van der Waals surface area (Å²) in [6, 6.07) is 15.3. The van der Waals surface area contributed by atoms with Gasteiger partial charge in [0.05, 0.1) is 0 Å². The van der Waals surface area contributed by atoms with Gasteiger partial charge < -0.3 is 9.72 Å². The van der Waals surface area contributed by atoms with Crippen molar-refractivity contribution in [2.45, 2.75) is 13.8 Å². The van der Waals surface area contributed by atoms with Crippen LogP contribution < -0.4 is 0 Å². The SMILES string of the molecule is Cc1cccc(/C=C/C(=O)OCC(=O)c2c(C)[nH]c3ccccc23)c1. The lowest BCUT2D eigenvalue weighted by atomic mass is 10.1. The lowest BCUT2D eigenvalue weighted by Crippen LogP contribution is -2.13. The summed E-state index contributed by atoms with van der Waals surface area (Å²) in [5.74, 6) is -0.750. The Morgan fingerprint density at radius 3 is 2.68 bits per heavy atom.